The third-order valence-corrected chi connectivity index (χ3v) is 4.34. The first-order chi connectivity index (χ1) is 12.9. The van der Waals surface area contributed by atoms with E-state index in [0.717, 1.165) is 16.8 Å². The zero-order chi connectivity index (χ0) is 19.8. The van der Waals surface area contributed by atoms with Gasteiger partial charge in [-0.05, 0) is 42.3 Å². The van der Waals surface area contributed by atoms with E-state index in [1.165, 1.54) is 0 Å². The Morgan fingerprint density at radius 2 is 1.74 bits per heavy atom. The number of benzene rings is 2. The molecule has 7 heteroatoms. The first-order valence-corrected chi connectivity index (χ1v) is 8.89. The lowest BCUT2D eigenvalue weighted by atomic mass is 10.2. The van der Waals surface area contributed by atoms with Crippen molar-refractivity contribution >= 4 is 41.0 Å². The summed E-state index contributed by atoms with van der Waals surface area (Å²) in [7, 11) is 3.93. The number of nitrogens with zero attached hydrogens (tertiary/aromatic N) is 2. The zero-order valence-corrected chi connectivity index (χ0v) is 16.4. The van der Waals surface area contributed by atoms with Crippen molar-refractivity contribution in [2.24, 2.45) is 5.10 Å². The molecule has 0 aliphatic heterocycles. The molecule has 6 nitrogen and oxygen atoms in total. The van der Waals surface area contributed by atoms with Crippen molar-refractivity contribution in [3.63, 3.8) is 0 Å². The Morgan fingerprint density at radius 1 is 1.07 bits per heavy atom. The second kappa shape index (κ2) is 9.73. The van der Waals surface area contributed by atoms with Crippen LogP contribution in [0.1, 0.15) is 24.0 Å². The summed E-state index contributed by atoms with van der Waals surface area (Å²) in [5.41, 5.74) is 5.82. The van der Waals surface area contributed by atoms with E-state index in [1.807, 2.05) is 50.2 Å². The number of rotatable bonds is 7. The number of carbonyl (C=O) groups is 2. The van der Waals surface area contributed by atoms with Crippen LogP contribution in [-0.4, -0.2) is 32.1 Å². The van der Waals surface area contributed by atoms with Gasteiger partial charge in [0.1, 0.15) is 0 Å². The monoisotopic (exact) mass is 386 g/mol. The Balaban J connectivity index is 1.77. The van der Waals surface area contributed by atoms with E-state index in [9.17, 15) is 9.59 Å². The van der Waals surface area contributed by atoms with Gasteiger partial charge in [0.05, 0.1) is 6.21 Å². The van der Waals surface area contributed by atoms with Crippen LogP contribution in [0.5, 0.6) is 0 Å². The summed E-state index contributed by atoms with van der Waals surface area (Å²) in [4.78, 5) is 25.8. The highest BCUT2D eigenvalue weighted by molar-refractivity contribution is 6.31. The third kappa shape index (κ3) is 6.42. The average Bonchev–Trinajstić information content (AvgIpc) is 2.64. The SMILES string of the molecule is Cc1c(Cl)cccc1NC(=O)CCC(=O)NN=Cc1ccc(N(C)C)cc1. The quantitative estimate of drug-likeness (QED) is 0.564. The molecule has 0 fully saturated rings. The summed E-state index contributed by atoms with van der Waals surface area (Å²) < 4.78 is 0. The van der Waals surface area contributed by atoms with Gasteiger partial charge in [-0.3, -0.25) is 9.59 Å². The number of anilines is 2. The zero-order valence-electron chi connectivity index (χ0n) is 15.6. The predicted molar refractivity (Wildman–Crippen MR) is 111 cm³/mol. The van der Waals surface area contributed by atoms with Crippen molar-refractivity contribution in [2.45, 2.75) is 19.8 Å². The van der Waals surface area contributed by atoms with E-state index in [-0.39, 0.29) is 24.7 Å². The molecule has 2 N–H and O–H groups in total. The van der Waals surface area contributed by atoms with Crippen LogP contribution in [0.3, 0.4) is 0 Å². The summed E-state index contributed by atoms with van der Waals surface area (Å²) in [6, 6.07) is 13.0. The number of hydrazone groups is 1. The van der Waals surface area contributed by atoms with E-state index in [4.69, 9.17) is 11.6 Å². The van der Waals surface area contributed by atoms with Crippen LogP contribution in [0.4, 0.5) is 11.4 Å². The largest absolute Gasteiger partial charge is 0.378 e. The van der Waals surface area contributed by atoms with Crippen molar-refractivity contribution in [2.75, 3.05) is 24.3 Å². The van der Waals surface area contributed by atoms with Gasteiger partial charge in [0, 0.05) is 43.3 Å². The van der Waals surface area contributed by atoms with Gasteiger partial charge in [-0.15, -0.1) is 0 Å². The Labute approximate surface area is 164 Å². The fourth-order valence-corrected chi connectivity index (χ4v) is 2.45. The highest BCUT2D eigenvalue weighted by Gasteiger charge is 2.09. The summed E-state index contributed by atoms with van der Waals surface area (Å²) >= 11 is 6.02. The van der Waals surface area contributed by atoms with Crippen LogP contribution in [0.25, 0.3) is 0 Å². The lowest BCUT2D eigenvalue weighted by Crippen LogP contribution is -2.20. The molecule has 0 saturated heterocycles. The molecule has 0 unspecified atom stereocenters. The molecule has 2 aromatic carbocycles. The Bertz CT molecular complexity index is 832. The molecule has 0 aliphatic rings. The molecule has 2 aromatic rings. The maximum atomic E-state index is 12.0. The maximum Gasteiger partial charge on any atom is 0.240 e. The Hall–Kier alpha value is -2.86. The second-order valence-corrected chi connectivity index (χ2v) is 6.65. The summed E-state index contributed by atoms with van der Waals surface area (Å²) in [5, 5.41) is 7.26. The van der Waals surface area contributed by atoms with Gasteiger partial charge in [-0.2, -0.15) is 5.10 Å². The predicted octanol–water partition coefficient (Wildman–Crippen LogP) is 3.58. The highest BCUT2D eigenvalue weighted by atomic mass is 35.5. The van der Waals surface area contributed by atoms with Crippen molar-refractivity contribution in [3.05, 3.63) is 58.6 Å². The fourth-order valence-electron chi connectivity index (χ4n) is 2.28. The normalized spacial score (nSPS) is 10.7. The van der Waals surface area contributed by atoms with Gasteiger partial charge in [0.15, 0.2) is 0 Å². The van der Waals surface area contributed by atoms with E-state index >= 15 is 0 Å². The van der Waals surface area contributed by atoms with E-state index in [2.05, 4.69) is 15.8 Å². The lowest BCUT2D eigenvalue weighted by molar-refractivity contribution is -0.124. The molecule has 0 aromatic heterocycles. The Kier molecular flexibility index (Phi) is 7.37. The standard InChI is InChI=1S/C20H23ClN4O2/c1-14-17(21)5-4-6-18(14)23-19(26)11-12-20(27)24-22-13-15-7-9-16(10-8-15)25(2)3/h4-10,13H,11-12H2,1-3H3,(H,23,26)(H,24,27). The highest BCUT2D eigenvalue weighted by Crippen LogP contribution is 2.23. The lowest BCUT2D eigenvalue weighted by Gasteiger charge is -2.11. The topological polar surface area (TPSA) is 73.8 Å². The molecule has 0 aliphatic carbocycles. The summed E-state index contributed by atoms with van der Waals surface area (Å²) in [6.07, 6.45) is 1.67. The molecule has 0 radical (unpaired) electrons. The number of amides is 2. The van der Waals surface area contributed by atoms with Gasteiger partial charge in [-0.25, -0.2) is 5.43 Å². The second-order valence-electron chi connectivity index (χ2n) is 6.24. The van der Waals surface area contributed by atoms with Crippen molar-refractivity contribution in [1.29, 1.82) is 0 Å². The molecule has 142 valence electrons. The van der Waals surface area contributed by atoms with Gasteiger partial charge >= 0.3 is 0 Å². The summed E-state index contributed by atoms with van der Waals surface area (Å²) in [5.74, 6) is -0.576. The molecular formula is C20H23ClN4O2. The molecule has 0 atom stereocenters. The van der Waals surface area contributed by atoms with E-state index in [0.29, 0.717) is 10.7 Å². The molecule has 0 spiro atoms. The van der Waals surface area contributed by atoms with Crippen LogP contribution in [-0.2, 0) is 9.59 Å². The van der Waals surface area contributed by atoms with Crippen LogP contribution in [0, 0.1) is 6.92 Å². The van der Waals surface area contributed by atoms with Crippen molar-refractivity contribution < 1.29 is 9.59 Å². The summed E-state index contributed by atoms with van der Waals surface area (Å²) in [6.45, 7) is 1.82. The minimum Gasteiger partial charge on any atom is -0.378 e. The first-order valence-electron chi connectivity index (χ1n) is 8.51. The molecule has 27 heavy (non-hydrogen) atoms. The minimum absolute atomic E-state index is 0.0440. The number of halogens is 1. The molecule has 0 bridgehead atoms. The Morgan fingerprint density at radius 3 is 2.41 bits per heavy atom. The molecule has 0 heterocycles. The number of hydrogen-bond acceptors (Lipinski definition) is 4. The first kappa shape index (κ1) is 20.5. The van der Waals surface area contributed by atoms with Crippen molar-refractivity contribution in [1.82, 2.24) is 5.43 Å². The van der Waals surface area contributed by atoms with Gasteiger partial charge in [0.2, 0.25) is 11.8 Å². The van der Waals surface area contributed by atoms with Crippen molar-refractivity contribution in [3.8, 4) is 0 Å². The van der Waals surface area contributed by atoms with Crippen LogP contribution < -0.4 is 15.6 Å². The fraction of sp³-hybridized carbons (Fsp3) is 0.250. The molecule has 2 amide bonds. The molecular weight excluding hydrogens is 364 g/mol. The number of hydrogen-bond donors (Lipinski definition) is 2. The van der Waals surface area contributed by atoms with Gasteiger partial charge < -0.3 is 10.2 Å². The number of carbonyl (C=O) groups excluding carboxylic acids is 2. The smallest absolute Gasteiger partial charge is 0.240 e. The van der Waals surface area contributed by atoms with Crippen LogP contribution >= 0.6 is 11.6 Å². The molecule has 0 saturated carbocycles. The van der Waals surface area contributed by atoms with Gasteiger partial charge in [-0.1, -0.05) is 29.8 Å². The number of nitrogens with one attached hydrogen (secondary N) is 2. The van der Waals surface area contributed by atoms with Crippen LogP contribution in [0.2, 0.25) is 5.02 Å². The maximum absolute atomic E-state index is 12.0. The average molecular weight is 387 g/mol. The van der Waals surface area contributed by atoms with Crippen LogP contribution in [0.15, 0.2) is 47.6 Å². The third-order valence-electron chi connectivity index (χ3n) is 3.93. The van der Waals surface area contributed by atoms with E-state index in [1.54, 1.807) is 24.4 Å². The minimum atomic E-state index is -0.325. The van der Waals surface area contributed by atoms with E-state index < -0.39 is 0 Å². The van der Waals surface area contributed by atoms with Gasteiger partial charge in [0.25, 0.3) is 0 Å². The molecule has 2 rings (SSSR count).